The zero-order valence-electron chi connectivity index (χ0n) is 14.5. The fourth-order valence-electron chi connectivity index (χ4n) is 2.94. The molecule has 1 aromatic rings. The second-order valence-electron chi connectivity index (χ2n) is 6.89. The molecule has 0 aromatic carbocycles. The minimum Gasteiger partial charge on any atom is -0.376 e. The third-order valence-corrected chi connectivity index (χ3v) is 4.66. The SMILES string of the molecule is C[C@@H]1CCCC[C@@H]1OCCNC(=O)C(C)(C)n1cc([N+](=O)[O-])cn1. The normalized spacial score (nSPS) is 21.5. The Bertz CT molecular complexity index is 584. The molecule has 0 radical (unpaired) electrons. The van der Waals surface area contributed by atoms with E-state index in [-0.39, 0.29) is 17.7 Å². The highest BCUT2D eigenvalue weighted by molar-refractivity contribution is 5.83. The Morgan fingerprint density at radius 3 is 2.83 bits per heavy atom. The van der Waals surface area contributed by atoms with Crippen LogP contribution in [-0.2, 0) is 15.1 Å². The van der Waals surface area contributed by atoms with Crippen molar-refractivity contribution in [2.45, 2.75) is 58.1 Å². The number of hydrogen-bond acceptors (Lipinski definition) is 5. The number of carbonyl (C=O) groups excluding carboxylic acids is 1. The molecule has 1 N–H and O–H groups in total. The first kappa shape index (κ1) is 18.4. The van der Waals surface area contributed by atoms with Gasteiger partial charge in [-0.1, -0.05) is 19.8 Å². The van der Waals surface area contributed by atoms with Gasteiger partial charge in [-0.3, -0.25) is 19.6 Å². The summed E-state index contributed by atoms with van der Waals surface area (Å²) in [6.45, 7) is 6.42. The van der Waals surface area contributed by atoms with Gasteiger partial charge in [0.2, 0.25) is 5.91 Å². The summed E-state index contributed by atoms with van der Waals surface area (Å²) in [6.07, 6.45) is 7.42. The van der Waals surface area contributed by atoms with Gasteiger partial charge in [-0.2, -0.15) is 5.10 Å². The van der Waals surface area contributed by atoms with Crippen molar-refractivity contribution in [3.63, 3.8) is 0 Å². The van der Waals surface area contributed by atoms with E-state index in [2.05, 4.69) is 17.3 Å². The lowest BCUT2D eigenvalue weighted by atomic mass is 9.88. The van der Waals surface area contributed by atoms with Gasteiger partial charge >= 0.3 is 5.69 Å². The number of rotatable bonds is 7. The monoisotopic (exact) mass is 338 g/mol. The van der Waals surface area contributed by atoms with E-state index >= 15 is 0 Å². The van der Waals surface area contributed by atoms with Crippen molar-refractivity contribution in [3.8, 4) is 0 Å². The lowest BCUT2D eigenvalue weighted by Crippen LogP contribution is -2.46. The van der Waals surface area contributed by atoms with Gasteiger partial charge < -0.3 is 10.1 Å². The fourth-order valence-corrected chi connectivity index (χ4v) is 2.94. The summed E-state index contributed by atoms with van der Waals surface area (Å²) in [6, 6.07) is 0. The molecular formula is C16H26N4O4. The molecule has 2 atom stereocenters. The van der Waals surface area contributed by atoms with Crippen LogP contribution in [-0.4, -0.2) is 39.9 Å². The summed E-state index contributed by atoms with van der Waals surface area (Å²) in [4.78, 5) is 22.6. The molecule has 0 saturated heterocycles. The first-order chi connectivity index (χ1) is 11.3. The van der Waals surface area contributed by atoms with Crippen LogP contribution in [0.15, 0.2) is 12.4 Å². The summed E-state index contributed by atoms with van der Waals surface area (Å²) < 4.78 is 7.18. The highest BCUT2D eigenvalue weighted by Gasteiger charge is 2.31. The van der Waals surface area contributed by atoms with Gasteiger partial charge in [-0.25, -0.2) is 0 Å². The van der Waals surface area contributed by atoms with Gasteiger partial charge in [0.15, 0.2) is 0 Å². The summed E-state index contributed by atoms with van der Waals surface area (Å²) >= 11 is 0. The average Bonchev–Trinajstić information content (AvgIpc) is 3.04. The number of nitro groups is 1. The second kappa shape index (κ2) is 7.74. The Kier molecular flexibility index (Phi) is 5.93. The maximum Gasteiger partial charge on any atom is 0.307 e. The number of aromatic nitrogens is 2. The third kappa shape index (κ3) is 4.31. The van der Waals surface area contributed by atoms with E-state index in [0.29, 0.717) is 19.1 Å². The van der Waals surface area contributed by atoms with E-state index in [4.69, 9.17) is 4.74 Å². The van der Waals surface area contributed by atoms with Crippen LogP contribution >= 0.6 is 0 Å². The van der Waals surface area contributed by atoms with Gasteiger partial charge in [0.1, 0.15) is 17.9 Å². The Labute approximate surface area is 141 Å². The van der Waals surface area contributed by atoms with Gasteiger partial charge in [0.25, 0.3) is 0 Å². The number of amides is 1. The van der Waals surface area contributed by atoms with E-state index in [0.717, 1.165) is 12.6 Å². The number of nitrogens with zero attached hydrogens (tertiary/aromatic N) is 3. The Morgan fingerprint density at radius 1 is 1.50 bits per heavy atom. The Balaban J connectivity index is 1.81. The molecule has 1 aromatic heterocycles. The second-order valence-corrected chi connectivity index (χ2v) is 6.89. The van der Waals surface area contributed by atoms with Gasteiger partial charge in [-0.05, 0) is 32.6 Å². The molecule has 2 rings (SSSR count). The lowest BCUT2D eigenvalue weighted by molar-refractivity contribution is -0.385. The van der Waals surface area contributed by atoms with Crippen molar-refractivity contribution in [2.75, 3.05) is 13.2 Å². The van der Waals surface area contributed by atoms with Crippen LogP contribution in [0.4, 0.5) is 5.69 Å². The molecule has 134 valence electrons. The van der Waals surface area contributed by atoms with E-state index < -0.39 is 10.5 Å². The van der Waals surface area contributed by atoms with Crippen LogP contribution < -0.4 is 5.32 Å². The molecule has 1 fully saturated rings. The molecule has 24 heavy (non-hydrogen) atoms. The van der Waals surface area contributed by atoms with Gasteiger partial charge in [0, 0.05) is 6.54 Å². The maximum absolute atomic E-state index is 12.4. The Morgan fingerprint density at radius 2 is 2.21 bits per heavy atom. The van der Waals surface area contributed by atoms with Crippen LogP contribution in [0.1, 0.15) is 46.5 Å². The smallest absolute Gasteiger partial charge is 0.307 e. The van der Waals surface area contributed by atoms with Crippen molar-refractivity contribution in [1.82, 2.24) is 15.1 Å². The number of nitrogens with one attached hydrogen (secondary N) is 1. The zero-order valence-corrected chi connectivity index (χ0v) is 14.5. The minimum absolute atomic E-state index is 0.134. The molecule has 1 heterocycles. The van der Waals surface area contributed by atoms with Crippen LogP contribution in [0.25, 0.3) is 0 Å². The summed E-state index contributed by atoms with van der Waals surface area (Å²) in [7, 11) is 0. The minimum atomic E-state index is -1.01. The summed E-state index contributed by atoms with van der Waals surface area (Å²) in [5, 5.41) is 17.5. The predicted octanol–water partition coefficient (Wildman–Crippen LogP) is 2.24. The summed E-state index contributed by atoms with van der Waals surface area (Å²) in [5.74, 6) is 0.316. The molecule has 1 aliphatic rings. The van der Waals surface area contributed by atoms with Crippen LogP contribution in [0, 0.1) is 16.0 Å². The standard InChI is InChI=1S/C16H26N4O4/c1-12-6-4-5-7-14(12)24-9-8-17-15(21)16(2,3)19-11-13(10-18-19)20(22)23/h10-12,14H,4-9H2,1-3H3,(H,17,21)/t12-,14+/m1/s1. The number of carbonyl (C=O) groups is 1. The van der Waals surface area contributed by atoms with Crippen molar-refractivity contribution >= 4 is 11.6 Å². The molecule has 0 aliphatic heterocycles. The topological polar surface area (TPSA) is 99.3 Å². The predicted molar refractivity (Wildman–Crippen MR) is 88.6 cm³/mol. The molecule has 8 nitrogen and oxygen atoms in total. The molecule has 0 spiro atoms. The summed E-state index contributed by atoms with van der Waals surface area (Å²) in [5.41, 5.74) is -1.14. The Hall–Kier alpha value is -1.96. The van der Waals surface area contributed by atoms with Crippen molar-refractivity contribution < 1.29 is 14.5 Å². The highest BCUT2D eigenvalue weighted by Crippen LogP contribution is 2.26. The molecule has 8 heteroatoms. The first-order valence-corrected chi connectivity index (χ1v) is 8.42. The lowest BCUT2D eigenvalue weighted by Gasteiger charge is -2.29. The van der Waals surface area contributed by atoms with Gasteiger partial charge in [-0.15, -0.1) is 0 Å². The van der Waals surface area contributed by atoms with E-state index in [1.165, 1.54) is 30.1 Å². The molecule has 1 amide bonds. The van der Waals surface area contributed by atoms with Crippen molar-refractivity contribution in [1.29, 1.82) is 0 Å². The number of hydrogen-bond donors (Lipinski definition) is 1. The van der Waals surface area contributed by atoms with E-state index in [9.17, 15) is 14.9 Å². The highest BCUT2D eigenvalue weighted by atomic mass is 16.6. The van der Waals surface area contributed by atoms with E-state index in [1.54, 1.807) is 13.8 Å². The van der Waals surface area contributed by atoms with Crippen LogP contribution in [0.3, 0.4) is 0 Å². The molecule has 1 saturated carbocycles. The van der Waals surface area contributed by atoms with Crippen molar-refractivity contribution in [2.24, 2.45) is 5.92 Å². The quantitative estimate of drug-likeness (QED) is 0.467. The largest absolute Gasteiger partial charge is 0.376 e. The average molecular weight is 338 g/mol. The third-order valence-electron chi connectivity index (χ3n) is 4.66. The number of ether oxygens (including phenoxy) is 1. The maximum atomic E-state index is 12.4. The molecule has 1 aliphatic carbocycles. The molecular weight excluding hydrogens is 312 g/mol. The van der Waals surface area contributed by atoms with Gasteiger partial charge in [0.05, 0.1) is 17.6 Å². The zero-order chi connectivity index (χ0) is 17.7. The fraction of sp³-hybridized carbons (Fsp3) is 0.750. The van der Waals surface area contributed by atoms with Crippen LogP contribution in [0.5, 0.6) is 0 Å². The first-order valence-electron chi connectivity index (χ1n) is 8.42. The van der Waals surface area contributed by atoms with Crippen molar-refractivity contribution in [3.05, 3.63) is 22.5 Å². The molecule has 0 unspecified atom stereocenters. The van der Waals surface area contributed by atoms with Crippen LogP contribution in [0.2, 0.25) is 0 Å². The van der Waals surface area contributed by atoms with E-state index in [1.807, 2.05) is 0 Å². The molecule has 0 bridgehead atoms.